The van der Waals surface area contributed by atoms with Gasteiger partial charge in [-0.1, -0.05) is 31.2 Å². The number of ether oxygens (including phenoxy) is 1. The summed E-state index contributed by atoms with van der Waals surface area (Å²) in [7, 11) is 0. The molecule has 0 unspecified atom stereocenters. The van der Waals surface area contributed by atoms with Crippen LogP contribution in [0.15, 0.2) is 47.8 Å². The van der Waals surface area contributed by atoms with Crippen molar-refractivity contribution < 1.29 is 9.53 Å². The number of carbonyl (C=O) groups is 1. The van der Waals surface area contributed by atoms with Gasteiger partial charge in [-0.15, -0.1) is 11.3 Å². The molecule has 2 aromatic carbocycles. The first-order valence-electron chi connectivity index (χ1n) is 7.85. The monoisotopic (exact) mass is 336 g/mol. The van der Waals surface area contributed by atoms with Gasteiger partial charge < -0.3 is 10.1 Å². The normalized spacial score (nSPS) is 13.1. The predicted octanol–water partition coefficient (Wildman–Crippen LogP) is 4.37. The van der Waals surface area contributed by atoms with Crippen LogP contribution in [-0.2, 0) is 11.2 Å². The highest BCUT2D eigenvalue weighted by molar-refractivity contribution is 7.13. The molecular formula is C19H16N2O2S. The molecule has 4 rings (SSSR count). The zero-order chi connectivity index (χ0) is 16.5. The van der Waals surface area contributed by atoms with Crippen molar-refractivity contribution in [1.82, 2.24) is 4.98 Å². The zero-order valence-corrected chi connectivity index (χ0v) is 14.0. The smallest absolute Gasteiger partial charge is 0.262 e. The molecule has 0 fully saturated rings. The molecule has 120 valence electrons. The maximum atomic E-state index is 11.5. The number of fused-ring (bicyclic) bond motifs is 1. The van der Waals surface area contributed by atoms with Gasteiger partial charge in [-0.05, 0) is 30.2 Å². The number of nitrogens with one attached hydrogen (secondary N) is 1. The van der Waals surface area contributed by atoms with E-state index in [1.807, 2.05) is 23.6 Å². The summed E-state index contributed by atoms with van der Waals surface area (Å²) in [5.41, 5.74) is 5.01. The fourth-order valence-electron chi connectivity index (χ4n) is 2.66. The predicted molar refractivity (Wildman–Crippen MR) is 96.5 cm³/mol. The lowest BCUT2D eigenvalue weighted by atomic mass is 10.1. The van der Waals surface area contributed by atoms with Gasteiger partial charge in [0.2, 0.25) is 0 Å². The number of carbonyl (C=O) groups excluding carboxylic acids is 1. The van der Waals surface area contributed by atoms with Gasteiger partial charge in [-0.2, -0.15) is 0 Å². The second-order valence-corrected chi connectivity index (χ2v) is 6.49. The van der Waals surface area contributed by atoms with Crippen molar-refractivity contribution in [2.24, 2.45) is 0 Å². The standard InChI is InChI=1S/C19H16N2O2S/c1-2-12-3-5-13(6-4-12)19-21-16(11-24-19)14-7-8-17-15(9-14)20-18(22)10-23-17/h3-9,11H,2,10H2,1H3,(H,20,22). The third kappa shape index (κ3) is 2.78. The number of nitrogens with zero attached hydrogens (tertiary/aromatic N) is 1. The molecule has 24 heavy (non-hydrogen) atoms. The number of aryl methyl sites for hydroxylation is 1. The molecule has 0 saturated heterocycles. The summed E-state index contributed by atoms with van der Waals surface area (Å²) >= 11 is 1.62. The molecule has 0 spiro atoms. The van der Waals surface area contributed by atoms with Crippen molar-refractivity contribution in [3.05, 3.63) is 53.4 Å². The average Bonchev–Trinajstić information content (AvgIpc) is 3.11. The molecule has 0 atom stereocenters. The van der Waals surface area contributed by atoms with E-state index in [-0.39, 0.29) is 12.5 Å². The third-order valence-corrected chi connectivity index (χ3v) is 4.91. The van der Waals surface area contributed by atoms with E-state index in [1.54, 1.807) is 11.3 Å². The molecule has 1 aliphatic heterocycles. The first-order valence-corrected chi connectivity index (χ1v) is 8.73. The SMILES string of the molecule is CCc1ccc(-c2nc(-c3ccc4c(c3)NC(=O)CO4)cs2)cc1. The van der Waals surface area contributed by atoms with Crippen LogP contribution < -0.4 is 10.1 Å². The van der Waals surface area contributed by atoms with Crippen molar-refractivity contribution in [2.45, 2.75) is 13.3 Å². The lowest BCUT2D eigenvalue weighted by molar-refractivity contribution is -0.118. The molecule has 2 heterocycles. The highest BCUT2D eigenvalue weighted by atomic mass is 32.1. The Kier molecular flexibility index (Phi) is 3.78. The van der Waals surface area contributed by atoms with Crippen molar-refractivity contribution in [3.63, 3.8) is 0 Å². The number of rotatable bonds is 3. The van der Waals surface area contributed by atoms with Crippen LogP contribution in [-0.4, -0.2) is 17.5 Å². The lowest BCUT2D eigenvalue weighted by Gasteiger charge is -2.18. The molecule has 3 aromatic rings. The van der Waals surface area contributed by atoms with Crippen LogP contribution in [0.3, 0.4) is 0 Å². The molecule has 1 N–H and O–H groups in total. The van der Waals surface area contributed by atoms with E-state index < -0.39 is 0 Å². The summed E-state index contributed by atoms with van der Waals surface area (Å²) in [5, 5.41) is 5.86. The van der Waals surface area contributed by atoms with Crippen LogP contribution in [0.25, 0.3) is 21.8 Å². The Morgan fingerprint density at radius 1 is 1.17 bits per heavy atom. The Labute approximate surface area is 144 Å². The molecule has 0 bridgehead atoms. The van der Waals surface area contributed by atoms with Gasteiger partial charge in [0.05, 0.1) is 11.4 Å². The Morgan fingerprint density at radius 3 is 2.75 bits per heavy atom. The summed E-state index contributed by atoms with van der Waals surface area (Å²) in [6.07, 6.45) is 1.03. The van der Waals surface area contributed by atoms with Gasteiger partial charge in [0.15, 0.2) is 6.61 Å². The van der Waals surface area contributed by atoms with Crippen molar-refractivity contribution >= 4 is 22.9 Å². The van der Waals surface area contributed by atoms with E-state index in [1.165, 1.54) is 5.56 Å². The number of benzene rings is 2. The van der Waals surface area contributed by atoms with E-state index in [9.17, 15) is 4.79 Å². The molecule has 1 aliphatic rings. The summed E-state index contributed by atoms with van der Waals surface area (Å²) in [6, 6.07) is 14.3. The number of hydrogen-bond donors (Lipinski definition) is 1. The fraction of sp³-hybridized carbons (Fsp3) is 0.158. The quantitative estimate of drug-likeness (QED) is 0.772. The third-order valence-electron chi connectivity index (χ3n) is 4.02. The van der Waals surface area contributed by atoms with E-state index in [0.717, 1.165) is 28.2 Å². The van der Waals surface area contributed by atoms with Crippen LogP contribution in [0.4, 0.5) is 5.69 Å². The highest BCUT2D eigenvalue weighted by Gasteiger charge is 2.17. The maximum absolute atomic E-state index is 11.5. The molecule has 4 nitrogen and oxygen atoms in total. The summed E-state index contributed by atoms with van der Waals surface area (Å²) in [5.74, 6) is 0.568. The van der Waals surface area contributed by atoms with Crippen molar-refractivity contribution in [2.75, 3.05) is 11.9 Å². The van der Waals surface area contributed by atoms with Crippen LogP contribution in [0, 0.1) is 0 Å². The van der Waals surface area contributed by atoms with E-state index in [4.69, 9.17) is 9.72 Å². The number of amides is 1. The highest BCUT2D eigenvalue weighted by Crippen LogP contribution is 2.34. The van der Waals surface area contributed by atoms with Gasteiger partial charge in [0, 0.05) is 16.5 Å². The summed E-state index contributed by atoms with van der Waals surface area (Å²) in [4.78, 5) is 16.2. The van der Waals surface area contributed by atoms with Crippen LogP contribution in [0.2, 0.25) is 0 Å². The molecule has 1 amide bonds. The first kappa shape index (κ1) is 14.9. The number of thiazole rings is 1. The van der Waals surface area contributed by atoms with E-state index in [0.29, 0.717) is 11.4 Å². The first-order chi connectivity index (χ1) is 11.7. The Morgan fingerprint density at radius 2 is 1.96 bits per heavy atom. The zero-order valence-electron chi connectivity index (χ0n) is 13.2. The second-order valence-electron chi connectivity index (χ2n) is 5.64. The minimum absolute atomic E-state index is 0.0704. The Hall–Kier alpha value is -2.66. The van der Waals surface area contributed by atoms with Gasteiger partial charge in [0.1, 0.15) is 10.8 Å². The van der Waals surface area contributed by atoms with Gasteiger partial charge >= 0.3 is 0 Å². The summed E-state index contributed by atoms with van der Waals surface area (Å²) < 4.78 is 5.39. The molecular weight excluding hydrogens is 320 g/mol. The average molecular weight is 336 g/mol. The molecule has 0 aliphatic carbocycles. The Balaban J connectivity index is 1.65. The molecule has 5 heteroatoms. The van der Waals surface area contributed by atoms with Gasteiger partial charge in [0.25, 0.3) is 5.91 Å². The maximum Gasteiger partial charge on any atom is 0.262 e. The Bertz CT molecular complexity index is 900. The van der Waals surface area contributed by atoms with E-state index >= 15 is 0 Å². The summed E-state index contributed by atoms with van der Waals surface area (Å²) in [6.45, 7) is 2.22. The van der Waals surface area contributed by atoms with Gasteiger partial charge in [-0.25, -0.2) is 4.98 Å². The minimum Gasteiger partial charge on any atom is -0.482 e. The number of aromatic nitrogens is 1. The largest absolute Gasteiger partial charge is 0.482 e. The fourth-order valence-corrected chi connectivity index (χ4v) is 3.50. The van der Waals surface area contributed by atoms with Crippen LogP contribution >= 0.6 is 11.3 Å². The van der Waals surface area contributed by atoms with Crippen molar-refractivity contribution in [3.8, 4) is 27.6 Å². The van der Waals surface area contributed by atoms with Crippen LogP contribution in [0.1, 0.15) is 12.5 Å². The molecule has 0 saturated carbocycles. The van der Waals surface area contributed by atoms with Gasteiger partial charge in [-0.3, -0.25) is 4.79 Å². The topological polar surface area (TPSA) is 51.2 Å². The van der Waals surface area contributed by atoms with Crippen molar-refractivity contribution in [1.29, 1.82) is 0 Å². The number of anilines is 1. The lowest BCUT2D eigenvalue weighted by Crippen LogP contribution is -2.25. The van der Waals surface area contributed by atoms with Crippen LogP contribution in [0.5, 0.6) is 5.75 Å². The second kappa shape index (κ2) is 6.09. The minimum atomic E-state index is -0.130. The molecule has 0 radical (unpaired) electrons. The number of hydrogen-bond acceptors (Lipinski definition) is 4. The molecule has 1 aromatic heterocycles. The van der Waals surface area contributed by atoms with E-state index in [2.05, 4.69) is 36.5 Å².